The summed E-state index contributed by atoms with van der Waals surface area (Å²) >= 11 is 0. The van der Waals surface area contributed by atoms with Crippen molar-refractivity contribution in [1.82, 2.24) is 4.90 Å². The Bertz CT molecular complexity index is 403. The molecule has 0 aliphatic carbocycles. The third-order valence-electron chi connectivity index (χ3n) is 4.20. The van der Waals surface area contributed by atoms with Gasteiger partial charge < -0.3 is 16.0 Å². The molecular formula is C16H27N3. The van der Waals surface area contributed by atoms with E-state index < -0.39 is 0 Å². The molecular weight excluding hydrogens is 234 g/mol. The molecule has 3 nitrogen and oxygen atoms in total. The van der Waals surface area contributed by atoms with Gasteiger partial charge in [0.2, 0.25) is 0 Å². The number of benzene rings is 1. The van der Waals surface area contributed by atoms with Crippen molar-refractivity contribution in [2.45, 2.75) is 45.6 Å². The first-order chi connectivity index (χ1) is 9.18. The number of nitrogen functional groups attached to an aromatic ring is 1. The molecule has 1 saturated heterocycles. The van der Waals surface area contributed by atoms with Crippen molar-refractivity contribution in [3.63, 3.8) is 0 Å². The second-order valence-electron chi connectivity index (χ2n) is 5.70. The Morgan fingerprint density at radius 2 is 2.21 bits per heavy atom. The van der Waals surface area contributed by atoms with Gasteiger partial charge in [-0.2, -0.15) is 0 Å². The molecule has 1 fully saturated rings. The molecule has 2 rings (SSSR count). The number of hydrogen-bond acceptors (Lipinski definition) is 3. The largest absolute Gasteiger partial charge is 0.397 e. The van der Waals surface area contributed by atoms with Crippen molar-refractivity contribution >= 4 is 11.4 Å². The normalized spacial score (nSPS) is 20.4. The van der Waals surface area contributed by atoms with Crippen LogP contribution in [0.5, 0.6) is 0 Å². The molecule has 3 N–H and O–H groups in total. The average Bonchev–Trinajstić information content (AvgIpc) is 2.41. The number of nitrogens with two attached hydrogens (primary N) is 1. The van der Waals surface area contributed by atoms with Gasteiger partial charge in [-0.25, -0.2) is 0 Å². The fraction of sp³-hybridized carbons (Fsp3) is 0.625. The zero-order valence-electron chi connectivity index (χ0n) is 12.3. The van der Waals surface area contributed by atoms with Gasteiger partial charge in [-0.05, 0) is 51.3 Å². The van der Waals surface area contributed by atoms with Gasteiger partial charge in [-0.1, -0.05) is 18.6 Å². The molecule has 0 saturated carbocycles. The number of aryl methyl sites for hydroxylation is 1. The highest BCUT2D eigenvalue weighted by molar-refractivity contribution is 5.69. The Balaban J connectivity index is 1.73. The Morgan fingerprint density at radius 1 is 1.37 bits per heavy atom. The van der Waals surface area contributed by atoms with Gasteiger partial charge in [0, 0.05) is 19.1 Å². The molecule has 0 spiro atoms. The molecule has 0 aromatic heterocycles. The van der Waals surface area contributed by atoms with Gasteiger partial charge in [-0.3, -0.25) is 0 Å². The number of nitrogens with one attached hydrogen (secondary N) is 1. The van der Waals surface area contributed by atoms with Crippen molar-refractivity contribution in [2.24, 2.45) is 0 Å². The maximum absolute atomic E-state index is 6.06. The van der Waals surface area contributed by atoms with Crippen LogP contribution in [0.4, 0.5) is 11.4 Å². The Morgan fingerprint density at radius 3 is 3.00 bits per heavy atom. The molecule has 3 heteroatoms. The molecule has 19 heavy (non-hydrogen) atoms. The van der Waals surface area contributed by atoms with Crippen molar-refractivity contribution in [2.75, 3.05) is 30.7 Å². The minimum absolute atomic E-state index is 0.762. The minimum atomic E-state index is 0.762. The van der Waals surface area contributed by atoms with Crippen LogP contribution in [0, 0.1) is 6.92 Å². The standard InChI is InChI=1S/C16H27N3/c1-13-7-5-9-15(16(13)17)18-10-6-12-19-11-4-3-8-14(19)2/h5,7,9,14,18H,3-4,6,8,10-12,17H2,1-2H3. The monoisotopic (exact) mass is 261 g/mol. The lowest BCUT2D eigenvalue weighted by Crippen LogP contribution is -2.38. The predicted molar refractivity (Wildman–Crippen MR) is 83.6 cm³/mol. The third kappa shape index (κ3) is 3.87. The maximum atomic E-state index is 6.06. The summed E-state index contributed by atoms with van der Waals surface area (Å²) in [4.78, 5) is 2.62. The average molecular weight is 261 g/mol. The summed E-state index contributed by atoms with van der Waals surface area (Å²) in [6.07, 6.45) is 5.30. The SMILES string of the molecule is Cc1cccc(NCCCN2CCCCC2C)c1N. The van der Waals surface area contributed by atoms with Crippen LogP contribution in [0.3, 0.4) is 0 Å². The molecule has 1 aromatic carbocycles. The number of anilines is 2. The van der Waals surface area contributed by atoms with E-state index in [9.17, 15) is 0 Å². The van der Waals surface area contributed by atoms with E-state index in [0.29, 0.717) is 0 Å². The van der Waals surface area contributed by atoms with Crippen LogP contribution in [0.2, 0.25) is 0 Å². The van der Waals surface area contributed by atoms with E-state index in [2.05, 4.69) is 42.3 Å². The lowest BCUT2D eigenvalue weighted by atomic mass is 10.0. The van der Waals surface area contributed by atoms with E-state index in [1.54, 1.807) is 0 Å². The van der Waals surface area contributed by atoms with E-state index in [0.717, 1.165) is 29.5 Å². The van der Waals surface area contributed by atoms with Gasteiger partial charge in [0.05, 0.1) is 11.4 Å². The van der Waals surface area contributed by atoms with Crippen molar-refractivity contribution < 1.29 is 0 Å². The van der Waals surface area contributed by atoms with Crippen LogP contribution in [0.25, 0.3) is 0 Å². The molecule has 0 radical (unpaired) electrons. The Kier molecular flexibility index (Phi) is 5.08. The number of piperidine rings is 1. The number of nitrogens with zero attached hydrogens (tertiary/aromatic N) is 1. The molecule has 0 bridgehead atoms. The van der Waals surface area contributed by atoms with Crippen LogP contribution in [0.1, 0.15) is 38.2 Å². The lowest BCUT2D eigenvalue weighted by molar-refractivity contribution is 0.160. The summed E-state index contributed by atoms with van der Waals surface area (Å²) < 4.78 is 0. The van der Waals surface area contributed by atoms with Crippen LogP contribution >= 0.6 is 0 Å². The highest BCUT2D eigenvalue weighted by Gasteiger charge is 2.16. The summed E-state index contributed by atoms with van der Waals surface area (Å²) in [5.41, 5.74) is 9.16. The van der Waals surface area contributed by atoms with Crippen LogP contribution in [-0.2, 0) is 0 Å². The molecule has 0 amide bonds. The summed E-state index contributed by atoms with van der Waals surface area (Å²) in [5, 5.41) is 3.46. The Hall–Kier alpha value is -1.22. The van der Waals surface area contributed by atoms with Gasteiger partial charge >= 0.3 is 0 Å². The number of para-hydroxylation sites is 1. The van der Waals surface area contributed by atoms with E-state index in [-0.39, 0.29) is 0 Å². The molecule has 1 aromatic rings. The van der Waals surface area contributed by atoms with E-state index >= 15 is 0 Å². The topological polar surface area (TPSA) is 41.3 Å². The molecule has 1 heterocycles. The fourth-order valence-electron chi connectivity index (χ4n) is 2.83. The first-order valence-electron chi connectivity index (χ1n) is 7.51. The van der Waals surface area contributed by atoms with E-state index in [1.165, 1.54) is 38.8 Å². The molecule has 106 valence electrons. The van der Waals surface area contributed by atoms with Gasteiger partial charge in [0.25, 0.3) is 0 Å². The number of likely N-dealkylation sites (tertiary alicyclic amines) is 1. The van der Waals surface area contributed by atoms with Gasteiger partial charge in [0.15, 0.2) is 0 Å². The lowest BCUT2D eigenvalue weighted by Gasteiger charge is -2.33. The number of rotatable bonds is 5. The molecule has 1 aliphatic rings. The van der Waals surface area contributed by atoms with Crippen LogP contribution in [-0.4, -0.2) is 30.6 Å². The first-order valence-corrected chi connectivity index (χ1v) is 7.51. The van der Waals surface area contributed by atoms with E-state index in [1.807, 2.05) is 0 Å². The van der Waals surface area contributed by atoms with Crippen molar-refractivity contribution in [1.29, 1.82) is 0 Å². The van der Waals surface area contributed by atoms with Gasteiger partial charge in [-0.15, -0.1) is 0 Å². The minimum Gasteiger partial charge on any atom is -0.397 e. The summed E-state index contributed by atoms with van der Waals surface area (Å²) in [6.45, 7) is 7.87. The summed E-state index contributed by atoms with van der Waals surface area (Å²) in [5.74, 6) is 0. The highest BCUT2D eigenvalue weighted by atomic mass is 15.2. The Labute approximate surface area is 117 Å². The first kappa shape index (κ1) is 14.2. The fourth-order valence-corrected chi connectivity index (χ4v) is 2.83. The molecule has 1 aliphatic heterocycles. The molecule has 1 atom stereocenters. The summed E-state index contributed by atoms with van der Waals surface area (Å²) in [7, 11) is 0. The molecule has 1 unspecified atom stereocenters. The van der Waals surface area contributed by atoms with Crippen molar-refractivity contribution in [3.05, 3.63) is 23.8 Å². The van der Waals surface area contributed by atoms with Crippen LogP contribution in [0.15, 0.2) is 18.2 Å². The van der Waals surface area contributed by atoms with E-state index in [4.69, 9.17) is 5.73 Å². The predicted octanol–water partition coefficient (Wildman–Crippen LogP) is 3.25. The summed E-state index contributed by atoms with van der Waals surface area (Å²) in [6, 6.07) is 6.93. The quantitative estimate of drug-likeness (QED) is 0.631. The second kappa shape index (κ2) is 6.80. The highest BCUT2D eigenvalue weighted by Crippen LogP contribution is 2.21. The maximum Gasteiger partial charge on any atom is 0.0579 e. The van der Waals surface area contributed by atoms with Crippen LogP contribution < -0.4 is 11.1 Å². The smallest absolute Gasteiger partial charge is 0.0579 e. The second-order valence-corrected chi connectivity index (χ2v) is 5.70. The van der Waals surface area contributed by atoms with Crippen molar-refractivity contribution in [3.8, 4) is 0 Å². The zero-order valence-corrected chi connectivity index (χ0v) is 12.3. The zero-order chi connectivity index (χ0) is 13.7. The number of hydrogen-bond donors (Lipinski definition) is 2. The van der Waals surface area contributed by atoms with Gasteiger partial charge in [0.1, 0.15) is 0 Å². The third-order valence-corrected chi connectivity index (χ3v) is 4.20.